The minimum atomic E-state index is 0.941. The first-order chi connectivity index (χ1) is 8.83. The van der Waals surface area contributed by atoms with Gasteiger partial charge in [-0.25, -0.2) is 0 Å². The molecule has 0 unspecified atom stereocenters. The lowest BCUT2D eigenvalue weighted by molar-refractivity contribution is 0.955. The Kier molecular flexibility index (Phi) is 6.99. The summed E-state index contributed by atoms with van der Waals surface area (Å²) in [7, 11) is 0. The Morgan fingerprint density at radius 1 is 0.944 bits per heavy atom. The highest BCUT2D eigenvalue weighted by Gasteiger charge is 2.08. The molecule has 0 saturated heterocycles. The maximum atomic E-state index is 4.17. The summed E-state index contributed by atoms with van der Waals surface area (Å²) in [4.78, 5) is 4.17. The fourth-order valence-electron chi connectivity index (χ4n) is 1.62. The van der Waals surface area contributed by atoms with Gasteiger partial charge in [-0.15, -0.1) is 0 Å². The molecule has 101 valence electrons. The van der Waals surface area contributed by atoms with Crippen LogP contribution in [-0.4, -0.2) is 24.6 Å². The molecule has 4 nitrogen and oxygen atoms in total. The van der Waals surface area contributed by atoms with E-state index in [-0.39, 0.29) is 0 Å². The van der Waals surface area contributed by atoms with Crippen molar-refractivity contribution in [2.24, 2.45) is 0 Å². The van der Waals surface area contributed by atoms with Crippen molar-refractivity contribution in [2.45, 2.75) is 40.0 Å². The number of rotatable bonds is 9. The molecular weight excluding hydrogens is 224 g/mol. The molecule has 3 N–H and O–H groups in total. The summed E-state index contributed by atoms with van der Waals surface area (Å²) in [6.07, 6.45) is 8.16. The lowest BCUT2D eigenvalue weighted by Crippen LogP contribution is -2.11. The van der Waals surface area contributed by atoms with E-state index < -0.39 is 0 Å². The monoisotopic (exact) mass is 249 g/mol. The number of nitrogens with zero attached hydrogens (tertiary/aromatic N) is 1. The van der Waals surface area contributed by atoms with Crippen LogP contribution in [0.2, 0.25) is 0 Å². The first kappa shape index (κ1) is 14.6. The third-order valence-electron chi connectivity index (χ3n) is 2.56. The molecular formula is C14H25N4. The molecule has 0 fully saturated rings. The van der Waals surface area contributed by atoms with Crippen LogP contribution in [0.25, 0.3) is 0 Å². The minimum absolute atomic E-state index is 0.941. The highest BCUT2D eigenvalue weighted by atomic mass is 15.0. The normalized spacial score (nSPS) is 10.2. The van der Waals surface area contributed by atoms with E-state index in [4.69, 9.17) is 0 Å². The summed E-state index contributed by atoms with van der Waals surface area (Å²) in [5.74, 6) is 0. The van der Waals surface area contributed by atoms with E-state index in [1.165, 1.54) is 0 Å². The van der Waals surface area contributed by atoms with Crippen LogP contribution in [0.1, 0.15) is 40.0 Å². The van der Waals surface area contributed by atoms with E-state index in [9.17, 15) is 0 Å². The molecule has 1 heterocycles. The molecule has 0 spiro atoms. The Labute approximate surface area is 111 Å². The van der Waals surface area contributed by atoms with Gasteiger partial charge in [-0.3, -0.25) is 4.98 Å². The number of anilines is 3. The minimum Gasteiger partial charge on any atom is -0.382 e. The number of aromatic nitrogens is 1. The van der Waals surface area contributed by atoms with Crippen LogP contribution in [-0.2, 0) is 0 Å². The Morgan fingerprint density at radius 3 is 2.22 bits per heavy atom. The molecule has 18 heavy (non-hydrogen) atoms. The van der Waals surface area contributed by atoms with Crippen molar-refractivity contribution in [1.82, 2.24) is 4.98 Å². The number of pyridine rings is 1. The van der Waals surface area contributed by atoms with Crippen molar-refractivity contribution in [3.63, 3.8) is 0 Å². The lowest BCUT2D eigenvalue weighted by atomic mass is 10.2. The summed E-state index contributed by atoms with van der Waals surface area (Å²) < 4.78 is 0. The fraction of sp³-hybridized carbons (Fsp3) is 0.643. The molecule has 0 bridgehead atoms. The van der Waals surface area contributed by atoms with Gasteiger partial charge < -0.3 is 16.0 Å². The van der Waals surface area contributed by atoms with Crippen LogP contribution in [0.3, 0.4) is 0 Å². The van der Waals surface area contributed by atoms with Crippen molar-refractivity contribution in [3.05, 3.63) is 12.4 Å². The Bertz CT molecular complexity index is 312. The van der Waals surface area contributed by atoms with Gasteiger partial charge in [-0.1, -0.05) is 20.8 Å². The van der Waals surface area contributed by atoms with Gasteiger partial charge in [0.2, 0.25) is 0 Å². The first-order valence-electron chi connectivity index (χ1n) is 6.95. The zero-order chi connectivity index (χ0) is 13.2. The molecule has 1 rings (SSSR count). The van der Waals surface area contributed by atoms with Crippen molar-refractivity contribution >= 4 is 17.1 Å². The van der Waals surface area contributed by atoms with E-state index in [1.807, 2.05) is 6.20 Å². The highest BCUT2D eigenvalue weighted by Crippen LogP contribution is 2.29. The molecule has 0 aromatic carbocycles. The second-order valence-electron chi connectivity index (χ2n) is 4.31. The van der Waals surface area contributed by atoms with E-state index >= 15 is 0 Å². The third-order valence-corrected chi connectivity index (χ3v) is 2.56. The quantitative estimate of drug-likeness (QED) is 0.628. The fourth-order valence-corrected chi connectivity index (χ4v) is 1.62. The molecule has 4 heteroatoms. The molecule has 0 aliphatic heterocycles. The second kappa shape index (κ2) is 8.61. The number of hydrogen-bond acceptors (Lipinski definition) is 4. The molecule has 0 aliphatic rings. The molecule has 1 radical (unpaired) electrons. The van der Waals surface area contributed by atoms with Crippen LogP contribution in [0.15, 0.2) is 6.20 Å². The molecule has 0 amide bonds. The smallest absolute Gasteiger partial charge is 0.116 e. The SMILES string of the molecule is CCCNc1[c]ncc(NCCC)c1NCCC. The summed E-state index contributed by atoms with van der Waals surface area (Å²) >= 11 is 0. The van der Waals surface area contributed by atoms with Crippen LogP contribution in [0.4, 0.5) is 17.1 Å². The molecule has 1 aromatic rings. The Hall–Kier alpha value is -1.45. The molecule has 0 aliphatic carbocycles. The summed E-state index contributed by atoms with van der Waals surface area (Å²) in [5, 5.41) is 10.2. The van der Waals surface area contributed by atoms with Crippen molar-refractivity contribution in [1.29, 1.82) is 0 Å². The predicted octanol–water partition coefficient (Wildman–Crippen LogP) is 3.35. The van der Waals surface area contributed by atoms with Crippen molar-refractivity contribution < 1.29 is 0 Å². The van der Waals surface area contributed by atoms with Gasteiger partial charge in [0.25, 0.3) is 0 Å². The molecule has 0 saturated carbocycles. The zero-order valence-corrected chi connectivity index (χ0v) is 11.8. The predicted molar refractivity (Wildman–Crippen MR) is 79.4 cm³/mol. The van der Waals surface area contributed by atoms with E-state index in [0.717, 1.165) is 56.0 Å². The van der Waals surface area contributed by atoms with Crippen molar-refractivity contribution in [2.75, 3.05) is 35.6 Å². The largest absolute Gasteiger partial charge is 0.382 e. The molecule has 1 aromatic heterocycles. The van der Waals surface area contributed by atoms with Crippen LogP contribution < -0.4 is 16.0 Å². The maximum Gasteiger partial charge on any atom is 0.116 e. The van der Waals surface area contributed by atoms with E-state index in [2.05, 4.69) is 47.9 Å². The summed E-state index contributed by atoms with van der Waals surface area (Å²) in [5.41, 5.74) is 3.11. The van der Waals surface area contributed by atoms with Gasteiger partial charge in [0, 0.05) is 19.6 Å². The third kappa shape index (κ3) is 4.43. The Morgan fingerprint density at radius 2 is 1.56 bits per heavy atom. The lowest BCUT2D eigenvalue weighted by Gasteiger charge is -2.17. The average molecular weight is 249 g/mol. The van der Waals surface area contributed by atoms with Gasteiger partial charge >= 0.3 is 0 Å². The summed E-state index contributed by atoms with van der Waals surface area (Å²) in [6.45, 7) is 9.33. The van der Waals surface area contributed by atoms with Crippen LogP contribution in [0.5, 0.6) is 0 Å². The number of hydrogen-bond donors (Lipinski definition) is 3. The molecule has 0 atom stereocenters. The maximum absolute atomic E-state index is 4.17. The first-order valence-corrected chi connectivity index (χ1v) is 6.95. The second-order valence-corrected chi connectivity index (χ2v) is 4.31. The van der Waals surface area contributed by atoms with Gasteiger partial charge in [-0.2, -0.15) is 0 Å². The van der Waals surface area contributed by atoms with E-state index in [1.54, 1.807) is 0 Å². The Balaban J connectivity index is 2.85. The zero-order valence-electron chi connectivity index (χ0n) is 11.8. The summed E-state index contributed by atoms with van der Waals surface area (Å²) in [6, 6.07) is 0. The standard InChI is InChI=1S/C14H25N4/c1-4-7-16-12-10-15-11-13(17-8-5-2)14(12)18-9-6-3/h10,16-17H,4-9H2,1-3H3,(H,15,18). The van der Waals surface area contributed by atoms with Crippen LogP contribution in [0, 0.1) is 6.20 Å². The van der Waals surface area contributed by atoms with Gasteiger partial charge in [0.1, 0.15) is 6.20 Å². The van der Waals surface area contributed by atoms with E-state index in [0.29, 0.717) is 0 Å². The number of nitrogens with one attached hydrogen (secondary N) is 3. The highest BCUT2D eigenvalue weighted by molar-refractivity contribution is 5.81. The van der Waals surface area contributed by atoms with Crippen molar-refractivity contribution in [3.8, 4) is 0 Å². The van der Waals surface area contributed by atoms with Gasteiger partial charge in [0.15, 0.2) is 0 Å². The van der Waals surface area contributed by atoms with Crippen LogP contribution >= 0.6 is 0 Å². The average Bonchev–Trinajstić information content (AvgIpc) is 2.41. The van der Waals surface area contributed by atoms with Gasteiger partial charge in [-0.05, 0) is 19.3 Å². The van der Waals surface area contributed by atoms with Gasteiger partial charge in [0.05, 0.1) is 23.3 Å². The topological polar surface area (TPSA) is 49.0 Å².